The van der Waals surface area contributed by atoms with Gasteiger partial charge in [-0.2, -0.15) is 0 Å². The Kier molecular flexibility index (Phi) is 8.70. The number of carboxylic acid groups (broad SMARTS) is 1. The lowest BCUT2D eigenvalue weighted by Gasteiger charge is -2.25. The van der Waals surface area contributed by atoms with Gasteiger partial charge in [-0.25, -0.2) is 0 Å². The summed E-state index contributed by atoms with van der Waals surface area (Å²) < 4.78 is 6.09. The van der Waals surface area contributed by atoms with Gasteiger partial charge in [0.25, 0.3) is 0 Å². The van der Waals surface area contributed by atoms with Gasteiger partial charge >= 0.3 is 5.97 Å². The molecule has 2 N–H and O–H groups in total. The van der Waals surface area contributed by atoms with E-state index in [9.17, 15) is 9.90 Å². The van der Waals surface area contributed by atoms with Gasteiger partial charge in [0.15, 0.2) is 0 Å². The van der Waals surface area contributed by atoms with Crippen molar-refractivity contribution >= 4 is 5.97 Å². The molecule has 5 atom stereocenters. The van der Waals surface area contributed by atoms with Gasteiger partial charge in [-0.05, 0) is 44.4 Å². The smallest absolute Gasteiger partial charge is 0.303 e. The number of fused-ring (bicyclic) bond motifs is 2. The molecule has 2 bridgehead atoms. The second-order valence-corrected chi connectivity index (χ2v) is 7.47. The molecule has 0 unspecified atom stereocenters. The number of aliphatic hydroxyl groups excluding tert-OH is 1. The largest absolute Gasteiger partial charge is 0.481 e. The van der Waals surface area contributed by atoms with E-state index in [0.29, 0.717) is 30.5 Å². The van der Waals surface area contributed by atoms with Crippen molar-refractivity contribution in [2.75, 3.05) is 0 Å². The highest BCUT2D eigenvalue weighted by Gasteiger charge is 2.46. The van der Waals surface area contributed by atoms with E-state index >= 15 is 0 Å². The fourth-order valence-electron chi connectivity index (χ4n) is 4.09. The molecule has 4 nitrogen and oxygen atoms in total. The van der Waals surface area contributed by atoms with Crippen LogP contribution in [0.4, 0.5) is 0 Å². The molecule has 0 aromatic heterocycles. The van der Waals surface area contributed by atoms with Crippen molar-refractivity contribution in [2.24, 2.45) is 11.8 Å². The van der Waals surface area contributed by atoms with Crippen LogP contribution in [0, 0.1) is 11.8 Å². The number of hydrogen-bond donors (Lipinski definition) is 2. The first kappa shape index (κ1) is 20.2. The van der Waals surface area contributed by atoms with Crippen molar-refractivity contribution < 1.29 is 19.7 Å². The lowest BCUT2D eigenvalue weighted by molar-refractivity contribution is -0.137. The molecule has 25 heavy (non-hydrogen) atoms. The van der Waals surface area contributed by atoms with Crippen LogP contribution in [-0.4, -0.2) is 34.5 Å². The highest BCUT2D eigenvalue weighted by molar-refractivity contribution is 5.66. The number of hydrogen-bond acceptors (Lipinski definition) is 3. The van der Waals surface area contributed by atoms with E-state index in [0.717, 1.165) is 38.5 Å². The summed E-state index contributed by atoms with van der Waals surface area (Å²) in [6.07, 6.45) is 18.1. The SMILES string of the molecule is CCCCC[C@@H](O)/C=C/[C@H]1[C@@H](C/C=C\CCCC(=O)O)[C@H]2CC[C@@H]1O2. The lowest BCUT2D eigenvalue weighted by atomic mass is 9.77. The Morgan fingerprint density at radius 1 is 1.20 bits per heavy atom. The van der Waals surface area contributed by atoms with Gasteiger partial charge in [-0.15, -0.1) is 0 Å². The number of allylic oxidation sites excluding steroid dienone is 2. The molecular weight excluding hydrogens is 316 g/mol. The minimum Gasteiger partial charge on any atom is -0.481 e. The summed E-state index contributed by atoms with van der Waals surface area (Å²) in [5.74, 6) is 0.175. The molecule has 0 aliphatic carbocycles. The summed E-state index contributed by atoms with van der Waals surface area (Å²) in [4.78, 5) is 10.5. The monoisotopic (exact) mass is 350 g/mol. The maximum absolute atomic E-state index is 10.5. The Balaban J connectivity index is 1.78. The molecule has 4 heteroatoms. The molecule has 2 rings (SSSR count). The maximum atomic E-state index is 10.5. The summed E-state index contributed by atoms with van der Waals surface area (Å²) in [6, 6.07) is 0. The van der Waals surface area contributed by atoms with Gasteiger partial charge < -0.3 is 14.9 Å². The van der Waals surface area contributed by atoms with E-state index in [4.69, 9.17) is 9.84 Å². The van der Waals surface area contributed by atoms with Crippen molar-refractivity contribution in [3.05, 3.63) is 24.3 Å². The number of rotatable bonds is 12. The summed E-state index contributed by atoms with van der Waals surface area (Å²) in [5, 5.41) is 18.8. The minimum absolute atomic E-state index is 0.239. The van der Waals surface area contributed by atoms with Crippen molar-refractivity contribution in [2.45, 2.75) is 89.4 Å². The van der Waals surface area contributed by atoms with Crippen molar-refractivity contribution in [3.63, 3.8) is 0 Å². The minimum atomic E-state index is -0.724. The molecule has 0 spiro atoms. The third kappa shape index (κ3) is 6.59. The molecule has 0 radical (unpaired) electrons. The number of carboxylic acids is 1. The van der Waals surface area contributed by atoms with Gasteiger partial charge in [0.2, 0.25) is 0 Å². The zero-order valence-electron chi connectivity index (χ0n) is 15.5. The summed E-state index contributed by atoms with van der Waals surface area (Å²) in [6.45, 7) is 2.18. The normalized spacial score (nSPS) is 29.8. The molecular formula is C21H34O4. The zero-order valence-corrected chi connectivity index (χ0v) is 15.5. The zero-order chi connectivity index (χ0) is 18.1. The molecule has 0 aromatic rings. The first-order chi connectivity index (χ1) is 12.1. The first-order valence-electron chi connectivity index (χ1n) is 10.0. The number of aliphatic hydroxyl groups is 1. The highest BCUT2D eigenvalue weighted by Crippen LogP contribution is 2.45. The van der Waals surface area contributed by atoms with E-state index in [2.05, 4.69) is 25.2 Å². The Labute approximate surface area is 152 Å². The summed E-state index contributed by atoms with van der Waals surface area (Å²) in [5.41, 5.74) is 0. The van der Waals surface area contributed by atoms with Gasteiger partial charge in [0.05, 0.1) is 18.3 Å². The molecule has 142 valence electrons. The Hall–Kier alpha value is -1.13. The van der Waals surface area contributed by atoms with E-state index in [1.54, 1.807) is 0 Å². The topological polar surface area (TPSA) is 66.8 Å². The van der Waals surface area contributed by atoms with E-state index in [1.807, 2.05) is 6.08 Å². The summed E-state index contributed by atoms with van der Waals surface area (Å²) in [7, 11) is 0. The Bertz CT molecular complexity index is 457. The molecule has 2 saturated heterocycles. The van der Waals surface area contributed by atoms with Crippen LogP contribution < -0.4 is 0 Å². The van der Waals surface area contributed by atoms with Crippen LogP contribution in [0.2, 0.25) is 0 Å². The highest BCUT2D eigenvalue weighted by atomic mass is 16.5. The molecule has 0 aromatic carbocycles. The van der Waals surface area contributed by atoms with Crippen LogP contribution in [0.1, 0.15) is 71.1 Å². The number of aliphatic carboxylic acids is 1. The lowest BCUT2D eigenvalue weighted by Crippen LogP contribution is -2.25. The van der Waals surface area contributed by atoms with Gasteiger partial charge in [-0.1, -0.05) is 50.5 Å². The quantitative estimate of drug-likeness (QED) is 0.402. The van der Waals surface area contributed by atoms with Gasteiger partial charge in [-0.3, -0.25) is 4.79 Å². The van der Waals surface area contributed by atoms with E-state index in [-0.39, 0.29) is 12.5 Å². The predicted octanol–water partition coefficient (Wildman–Crippen LogP) is 4.48. The average Bonchev–Trinajstić information content (AvgIpc) is 3.17. The van der Waals surface area contributed by atoms with Crippen molar-refractivity contribution in [1.82, 2.24) is 0 Å². The second kappa shape index (κ2) is 10.8. The van der Waals surface area contributed by atoms with Crippen LogP contribution in [0.5, 0.6) is 0 Å². The molecule has 2 aliphatic rings. The van der Waals surface area contributed by atoms with Crippen LogP contribution >= 0.6 is 0 Å². The van der Waals surface area contributed by atoms with Crippen molar-refractivity contribution in [3.8, 4) is 0 Å². The third-order valence-electron chi connectivity index (χ3n) is 5.48. The number of unbranched alkanes of at least 4 members (excludes halogenated alkanes) is 3. The van der Waals surface area contributed by atoms with E-state index in [1.165, 1.54) is 12.8 Å². The Morgan fingerprint density at radius 2 is 2.00 bits per heavy atom. The summed E-state index contributed by atoms with van der Waals surface area (Å²) >= 11 is 0. The first-order valence-corrected chi connectivity index (χ1v) is 10.0. The standard InChI is InChI=1S/C21H34O4/c1-2-3-6-9-16(22)12-13-18-17(19-14-15-20(18)25-19)10-7-4-5-8-11-21(23)24/h4,7,12-13,16-20,22H,2-3,5-6,8-11,14-15H2,1H3,(H,23,24)/b7-4-,13-12+/t16-,17-,18+,19-,20+/m1/s1. The predicted molar refractivity (Wildman–Crippen MR) is 99.4 cm³/mol. The van der Waals surface area contributed by atoms with Crippen LogP contribution in [0.25, 0.3) is 0 Å². The Morgan fingerprint density at radius 3 is 2.76 bits per heavy atom. The third-order valence-corrected chi connectivity index (χ3v) is 5.48. The van der Waals surface area contributed by atoms with Gasteiger partial charge in [0.1, 0.15) is 0 Å². The molecule has 2 heterocycles. The van der Waals surface area contributed by atoms with Crippen molar-refractivity contribution in [1.29, 1.82) is 0 Å². The molecule has 2 fully saturated rings. The number of ether oxygens (including phenoxy) is 1. The molecule has 2 aliphatic heterocycles. The fraction of sp³-hybridized carbons (Fsp3) is 0.762. The van der Waals surface area contributed by atoms with Crippen LogP contribution in [0.3, 0.4) is 0 Å². The average molecular weight is 350 g/mol. The van der Waals surface area contributed by atoms with E-state index < -0.39 is 5.97 Å². The maximum Gasteiger partial charge on any atom is 0.303 e. The fourth-order valence-corrected chi connectivity index (χ4v) is 4.09. The second-order valence-electron chi connectivity index (χ2n) is 7.47. The molecule has 0 saturated carbocycles. The van der Waals surface area contributed by atoms with Crippen LogP contribution in [0.15, 0.2) is 24.3 Å². The number of carbonyl (C=O) groups is 1. The molecule has 0 amide bonds. The van der Waals surface area contributed by atoms with Crippen LogP contribution in [-0.2, 0) is 9.53 Å². The van der Waals surface area contributed by atoms with Gasteiger partial charge in [0, 0.05) is 12.3 Å².